The van der Waals surface area contributed by atoms with Crippen LogP contribution in [0.2, 0.25) is 0 Å². The highest BCUT2D eigenvalue weighted by molar-refractivity contribution is 7.99. The summed E-state index contributed by atoms with van der Waals surface area (Å²) in [5.41, 5.74) is 1.79. The van der Waals surface area contributed by atoms with Gasteiger partial charge in [-0.25, -0.2) is 0 Å². The van der Waals surface area contributed by atoms with Crippen LogP contribution in [0.4, 0.5) is 0 Å². The highest BCUT2D eigenvalue weighted by Crippen LogP contribution is 2.36. The summed E-state index contributed by atoms with van der Waals surface area (Å²) >= 11 is 1.20. The second-order valence-corrected chi connectivity index (χ2v) is 6.86. The lowest BCUT2D eigenvalue weighted by molar-refractivity contribution is -0.119. The van der Waals surface area contributed by atoms with E-state index in [2.05, 4.69) is 15.5 Å². The fourth-order valence-corrected chi connectivity index (χ4v) is 3.22. The Kier molecular flexibility index (Phi) is 4.97. The van der Waals surface area contributed by atoms with Gasteiger partial charge in [-0.3, -0.25) is 4.79 Å². The Balaban J connectivity index is 1.34. The standard InChI is InChI=1S/C19H17N3O4S/c1-12(13-5-3-2-4-6-13)20-17(23)10-27-19-22-21-18(26-19)14-7-8-15-16(9-14)25-11-24-15/h2-9,12H,10-11H2,1H3,(H,20,23)/t12-/m0/s1. The van der Waals surface area contributed by atoms with Crippen molar-refractivity contribution in [2.24, 2.45) is 0 Å². The molecule has 1 amide bonds. The van der Waals surface area contributed by atoms with Crippen molar-refractivity contribution in [1.82, 2.24) is 15.5 Å². The van der Waals surface area contributed by atoms with E-state index in [1.807, 2.05) is 43.3 Å². The van der Waals surface area contributed by atoms with Gasteiger partial charge in [0.1, 0.15) is 0 Å². The minimum Gasteiger partial charge on any atom is -0.454 e. The molecule has 8 heteroatoms. The minimum absolute atomic E-state index is 0.0637. The van der Waals surface area contributed by atoms with Crippen molar-refractivity contribution < 1.29 is 18.7 Å². The van der Waals surface area contributed by atoms with E-state index in [1.54, 1.807) is 12.1 Å². The summed E-state index contributed by atoms with van der Waals surface area (Å²) in [4.78, 5) is 12.2. The van der Waals surface area contributed by atoms with E-state index in [4.69, 9.17) is 13.9 Å². The molecule has 0 unspecified atom stereocenters. The van der Waals surface area contributed by atoms with Crippen molar-refractivity contribution in [2.45, 2.75) is 18.2 Å². The Morgan fingerprint density at radius 3 is 2.81 bits per heavy atom. The monoisotopic (exact) mass is 383 g/mol. The number of aromatic nitrogens is 2. The molecule has 1 aliphatic heterocycles. The summed E-state index contributed by atoms with van der Waals surface area (Å²) in [5.74, 6) is 1.80. The van der Waals surface area contributed by atoms with E-state index in [-0.39, 0.29) is 24.5 Å². The number of benzene rings is 2. The normalized spacial score (nSPS) is 13.4. The number of rotatable bonds is 6. The van der Waals surface area contributed by atoms with E-state index in [0.717, 1.165) is 11.1 Å². The van der Waals surface area contributed by atoms with Gasteiger partial charge in [0.25, 0.3) is 5.22 Å². The van der Waals surface area contributed by atoms with Crippen LogP contribution in [0.1, 0.15) is 18.5 Å². The molecular weight excluding hydrogens is 366 g/mol. The van der Waals surface area contributed by atoms with Gasteiger partial charge in [-0.15, -0.1) is 10.2 Å². The highest BCUT2D eigenvalue weighted by Gasteiger charge is 2.17. The lowest BCUT2D eigenvalue weighted by atomic mass is 10.1. The number of hydrogen-bond acceptors (Lipinski definition) is 7. The Labute approximate surface area is 160 Å². The number of thioether (sulfide) groups is 1. The van der Waals surface area contributed by atoms with Crippen LogP contribution in [0.15, 0.2) is 58.2 Å². The SMILES string of the molecule is C[C@H](NC(=O)CSc1nnc(-c2ccc3c(c2)OCO3)o1)c1ccccc1. The van der Waals surface area contributed by atoms with Gasteiger partial charge in [0.2, 0.25) is 18.6 Å². The van der Waals surface area contributed by atoms with Crippen molar-refractivity contribution in [3.05, 3.63) is 54.1 Å². The van der Waals surface area contributed by atoms with E-state index in [1.165, 1.54) is 11.8 Å². The first-order valence-electron chi connectivity index (χ1n) is 8.39. The molecule has 0 saturated carbocycles. The van der Waals surface area contributed by atoms with Crippen molar-refractivity contribution in [1.29, 1.82) is 0 Å². The number of carbonyl (C=O) groups is 1. The highest BCUT2D eigenvalue weighted by atomic mass is 32.2. The average Bonchev–Trinajstić information content (AvgIpc) is 3.35. The molecule has 27 heavy (non-hydrogen) atoms. The van der Waals surface area contributed by atoms with E-state index < -0.39 is 0 Å². The van der Waals surface area contributed by atoms with Crippen molar-refractivity contribution in [2.75, 3.05) is 12.5 Å². The topological polar surface area (TPSA) is 86.5 Å². The number of amides is 1. The number of ether oxygens (including phenoxy) is 2. The summed E-state index contributed by atoms with van der Waals surface area (Å²) in [7, 11) is 0. The fourth-order valence-electron chi connectivity index (χ4n) is 2.65. The van der Waals surface area contributed by atoms with Crippen molar-refractivity contribution in [3.63, 3.8) is 0 Å². The van der Waals surface area contributed by atoms with Gasteiger partial charge in [0.15, 0.2) is 11.5 Å². The predicted molar refractivity (Wildman–Crippen MR) is 99.6 cm³/mol. The minimum atomic E-state index is -0.0980. The van der Waals surface area contributed by atoms with Gasteiger partial charge in [0, 0.05) is 5.56 Å². The van der Waals surface area contributed by atoms with Crippen LogP contribution in [0, 0.1) is 0 Å². The van der Waals surface area contributed by atoms with Gasteiger partial charge in [-0.1, -0.05) is 42.1 Å². The van der Waals surface area contributed by atoms with Crippen LogP contribution in [0.3, 0.4) is 0 Å². The number of fused-ring (bicyclic) bond motifs is 1. The molecule has 0 radical (unpaired) electrons. The molecule has 0 fully saturated rings. The lowest BCUT2D eigenvalue weighted by Crippen LogP contribution is -2.28. The van der Waals surface area contributed by atoms with Crippen LogP contribution in [0.5, 0.6) is 11.5 Å². The van der Waals surface area contributed by atoms with Crippen LogP contribution in [0.25, 0.3) is 11.5 Å². The quantitative estimate of drug-likeness (QED) is 0.653. The smallest absolute Gasteiger partial charge is 0.277 e. The number of nitrogens with zero attached hydrogens (tertiary/aromatic N) is 2. The van der Waals surface area contributed by atoms with Gasteiger partial charge < -0.3 is 19.2 Å². The maximum absolute atomic E-state index is 12.2. The summed E-state index contributed by atoms with van der Waals surface area (Å²) in [6.07, 6.45) is 0. The second kappa shape index (κ2) is 7.71. The summed E-state index contributed by atoms with van der Waals surface area (Å²) in [6.45, 7) is 2.16. The van der Waals surface area contributed by atoms with Gasteiger partial charge >= 0.3 is 0 Å². The molecule has 0 saturated heterocycles. The van der Waals surface area contributed by atoms with Crippen LogP contribution in [-0.4, -0.2) is 28.7 Å². The molecule has 3 aromatic rings. The van der Waals surface area contributed by atoms with Crippen LogP contribution < -0.4 is 14.8 Å². The fraction of sp³-hybridized carbons (Fsp3) is 0.211. The van der Waals surface area contributed by atoms with Gasteiger partial charge in [-0.2, -0.15) is 0 Å². The molecular formula is C19H17N3O4S. The molecule has 7 nitrogen and oxygen atoms in total. The first-order valence-corrected chi connectivity index (χ1v) is 9.38. The zero-order valence-corrected chi connectivity index (χ0v) is 15.4. The first-order chi connectivity index (χ1) is 13.2. The van der Waals surface area contributed by atoms with Crippen molar-refractivity contribution >= 4 is 17.7 Å². The second-order valence-electron chi connectivity index (χ2n) is 5.93. The number of hydrogen-bond donors (Lipinski definition) is 1. The molecule has 1 N–H and O–H groups in total. The maximum Gasteiger partial charge on any atom is 0.277 e. The molecule has 2 heterocycles. The van der Waals surface area contributed by atoms with Crippen LogP contribution >= 0.6 is 11.8 Å². The molecule has 1 aliphatic rings. The summed E-state index contributed by atoms with van der Waals surface area (Å²) in [6, 6.07) is 15.1. The van der Waals surface area contributed by atoms with Crippen LogP contribution in [-0.2, 0) is 4.79 Å². The molecule has 0 aliphatic carbocycles. The molecule has 1 atom stereocenters. The molecule has 0 spiro atoms. The molecule has 2 aromatic carbocycles. The molecule has 4 rings (SSSR count). The third-order valence-electron chi connectivity index (χ3n) is 4.03. The zero-order chi connectivity index (χ0) is 18.6. The molecule has 0 bridgehead atoms. The van der Waals surface area contributed by atoms with Gasteiger partial charge in [0.05, 0.1) is 11.8 Å². The van der Waals surface area contributed by atoms with E-state index in [0.29, 0.717) is 22.6 Å². The average molecular weight is 383 g/mol. The third-order valence-corrected chi connectivity index (χ3v) is 4.85. The third kappa shape index (κ3) is 4.06. The first kappa shape index (κ1) is 17.4. The Morgan fingerprint density at radius 1 is 1.15 bits per heavy atom. The van der Waals surface area contributed by atoms with E-state index >= 15 is 0 Å². The van der Waals surface area contributed by atoms with Crippen molar-refractivity contribution in [3.8, 4) is 23.0 Å². The largest absolute Gasteiger partial charge is 0.454 e. The Hall–Kier alpha value is -3.00. The van der Waals surface area contributed by atoms with E-state index in [9.17, 15) is 4.79 Å². The molecule has 138 valence electrons. The summed E-state index contributed by atoms with van der Waals surface area (Å²) in [5, 5.41) is 11.3. The number of nitrogens with one attached hydrogen (secondary N) is 1. The number of carbonyl (C=O) groups excluding carboxylic acids is 1. The lowest BCUT2D eigenvalue weighted by Gasteiger charge is -2.13. The Bertz CT molecular complexity index is 945. The zero-order valence-electron chi connectivity index (χ0n) is 14.5. The Morgan fingerprint density at radius 2 is 1.96 bits per heavy atom. The maximum atomic E-state index is 12.2. The summed E-state index contributed by atoms with van der Waals surface area (Å²) < 4.78 is 16.3. The molecule has 1 aromatic heterocycles. The van der Waals surface area contributed by atoms with Gasteiger partial charge in [-0.05, 0) is 30.7 Å². The predicted octanol–water partition coefficient (Wildman–Crippen LogP) is 3.43.